The number of nitrogens with two attached hydrogens (primary N) is 1. The zero-order chi connectivity index (χ0) is 20.7. The van der Waals surface area contributed by atoms with Crippen LogP contribution in [0.2, 0.25) is 0 Å². The van der Waals surface area contributed by atoms with Crippen molar-refractivity contribution < 1.29 is 14.3 Å². The van der Waals surface area contributed by atoms with Gasteiger partial charge in [0.1, 0.15) is 0 Å². The Balaban J connectivity index is 2.12. The predicted octanol–water partition coefficient (Wildman–Crippen LogP) is 2.35. The van der Waals surface area contributed by atoms with E-state index in [-0.39, 0.29) is 30.0 Å². The first kappa shape index (κ1) is 22.1. The summed E-state index contributed by atoms with van der Waals surface area (Å²) in [6.07, 6.45) is 3.58. The number of carbonyl (C=O) groups excluding carboxylic acids is 2. The van der Waals surface area contributed by atoms with Crippen molar-refractivity contribution in [1.29, 1.82) is 0 Å². The SMILES string of the molecule is CCC(CC)O[C@@H]1C=C(C(=O)NCc2ccc(C)cc2)C[C@H](N)[C@H]1NC(C)=O. The van der Waals surface area contributed by atoms with Gasteiger partial charge < -0.3 is 21.1 Å². The molecule has 2 amide bonds. The number of carbonyl (C=O) groups is 2. The Kier molecular flexibility index (Phi) is 8.20. The second-order valence-corrected chi connectivity index (χ2v) is 7.49. The minimum atomic E-state index is -0.419. The van der Waals surface area contributed by atoms with E-state index in [1.165, 1.54) is 12.5 Å². The highest BCUT2D eigenvalue weighted by Gasteiger charge is 2.35. The van der Waals surface area contributed by atoms with Crippen LogP contribution in [0.25, 0.3) is 0 Å². The first-order valence-electron chi connectivity index (χ1n) is 10.1. The zero-order valence-electron chi connectivity index (χ0n) is 17.3. The van der Waals surface area contributed by atoms with Crippen LogP contribution >= 0.6 is 0 Å². The Bertz CT molecular complexity index is 695. The molecule has 0 saturated heterocycles. The molecule has 0 fully saturated rings. The average molecular weight is 388 g/mol. The summed E-state index contributed by atoms with van der Waals surface area (Å²) in [4.78, 5) is 24.3. The van der Waals surface area contributed by atoms with Gasteiger partial charge in [0.2, 0.25) is 11.8 Å². The van der Waals surface area contributed by atoms with E-state index in [0.717, 1.165) is 18.4 Å². The monoisotopic (exact) mass is 387 g/mol. The molecule has 0 aliphatic heterocycles. The summed E-state index contributed by atoms with van der Waals surface area (Å²) in [6, 6.07) is 7.33. The summed E-state index contributed by atoms with van der Waals surface area (Å²) in [5.74, 6) is -0.297. The smallest absolute Gasteiger partial charge is 0.247 e. The second-order valence-electron chi connectivity index (χ2n) is 7.49. The lowest BCUT2D eigenvalue weighted by atomic mass is 9.87. The van der Waals surface area contributed by atoms with Gasteiger partial charge in [0.15, 0.2) is 0 Å². The maximum absolute atomic E-state index is 12.7. The van der Waals surface area contributed by atoms with Crippen LogP contribution in [0.1, 0.15) is 51.2 Å². The van der Waals surface area contributed by atoms with Crippen molar-refractivity contribution in [2.24, 2.45) is 5.73 Å². The van der Waals surface area contributed by atoms with Gasteiger partial charge in [-0.05, 0) is 37.8 Å². The fraction of sp³-hybridized carbons (Fsp3) is 0.545. The normalized spacial score (nSPS) is 21.9. The Hall–Kier alpha value is -2.18. The Labute approximate surface area is 167 Å². The van der Waals surface area contributed by atoms with Crippen molar-refractivity contribution in [2.75, 3.05) is 0 Å². The molecule has 1 aromatic rings. The maximum atomic E-state index is 12.7. The predicted molar refractivity (Wildman–Crippen MR) is 111 cm³/mol. The van der Waals surface area contributed by atoms with Crippen molar-refractivity contribution >= 4 is 11.8 Å². The molecule has 0 bridgehead atoms. The van der Waals surface area contributed by atoms with Gasteiger partial charge in [-0.1, -0.05) is 43.7 Å². The molecule has 2 rings (SSSR count). The minimum absolute atomic E-state index is 0.0553. The van der Waals surface area contributed by atoms with Crippen LogP contribution in [0, 0.1) is 6.92 Å². The van der Waals surface area contributed by atoms with Crippen LogP contribution in [-0.2, 0) is 20.9 Å². The topological polar surface area (TPSA) is 93.4 Å². The summed E-state index contributed by atoms with van der Waals surface area (Å²) in [7, 11) is 0. The van der Waals surface area contributed by atoms with E-state index in [9.17, 15) is 9.59 Å². The Morgan fingerprint density at radius 2 is 1.86 bits per heavy atom. The molecule has 4 N–H and O–H groups in total. The third-order valence-corrected chi connectivity index (χ3v) is 5.13. The van der Waals surface area contributed by atoms with Crippen molar-refractivity contribution in [2.45, 2.75) is 77.8 Å². The van der Waals surface area contributed by atoms with Crippen LogP contribution < -0.4 is 16.4 Å². The molecule has 0 unspecified atom stereocenters. The van der Waals surface area contributed by atoms with E-state index in [2.05, 4.69) is 24.5 Å². The average Bonchev–Trinajstić information content (AvgIpc) is 2.67. The third-order valence-electron chi connectivity index (χ3n) is 5.13. The highest BCUT2D eigenvalue weighted by Crippen LogP contribution is 2.23. The summed E-state index contributed by atoms with van der Waals surface area (Å²) >= 11 is 0. The molecule has 6 heteroatoms. The van der Waals surface area contributed by atoms with Crippen LogP contribution in [0.3, 0.4) is 0 Å². The van der Waals surface area contributed by atoms with E-state index >= 15 is 0 Å². The molecule has 154 valence electrons. The molecule has 0 heterocycles. The molecule has 1 aliphatic rings. The van der Waals surface area contributed by atoms with Gasteiger partial charge in [-0.25, -0.2) is 0 Å². The lowest BCUT2D eigenvalue weighted by molar-refractivity contribution is -0.121. The molecule has 1 aliphatic carbocycles. The third kappa shape index (κ3) is 6.17. The highest BCUT2D eigenvalue weighted by molar-refractivity contribution is 5.93. The van der Waals surface area contributed by atoms with E-state index in [4.69, 9.17) is 10.5 Å². The molecule has 0 saturated carbocycles. The summed E-state index contributed by atoms with van der Waals surface area (Å²) in [5.41, 5.74) is 9.15. The number of benzene rings is 1. The fourth-order valence-electron chi connectivity index (χ4n) is 3.42. The van der Waals surface area contributed by atoms with Crippen LogP contribution in [0.15, 0.2) is 35.9 Å². The summed E-state index contributed by atoms with van der Waals surface area (Å²) in [6.45, 7) is 8.07. The van der Waals surface area contributed by atoms with Gasteiger partial charge >= 0.3 is 0 Å². The van der Waals surface area contributed by atoms with Crippen molar-refractivity contribution in [3.63, 3.8) is 0 Å². The fourth-order valence-corrected chi connectivity index (χ4v) is 3.42. The number of hydrogen-bond donors (Lipinski definition) is 3. The lowest BCUT2D eigenvalue weighted by Crippen LogP contribution is -2.57. The van der Waals surface area contributed by atoms with Crippen molar-refractivity contribution in [1.82, 2.24) is 10.6 Å². The van der Waals surface area contributed by atoms with E-state index < -0.39 is 6.10 Å². The van der Waals surface area contributed by atoms with Crippen LogP contribution in [-0.4, -0.2) is 36.1 Å². The quantitative estimate of drug-likeness (QED) is 0.638. The number of hydrogen-bond acceptors (Lipinski definition) is 4. The van der Waals surface area contributed by atoms with E-state index in [1.807, 2.05) is 37.3 Å². The molecule has 0 spiro atoms. The second kappa shape index (κ2) is 10.4. The van der Waals surface area contributed by atoms with Gasteiger partial charge in [-0.2, -0.15) is 0 Å². The van der Waals surface area contributed by atoms with Gasteiger partial charge in [0.25, 0.3) is 0 Å². The van der Waals surface area contributed by atoms with Crippen LogP contribution in [0.4, 0.5) is 0 Å². The molecular formula is C22H33N3O3. The maximum Gasteiger partial charge on any atom is 0.247 e. The Morgan fingerprint density at radius 1 is 1.21 bits per heavy atom. The van der Waals surface area contributed by atoms with Crippen LogP contribution in [0.5, 0.6) is 0 Å². The van der Waals surface area contributed by atoms with Gasteiger partial charge in [-0.15, -0.1) is 0 Å². The largest absolute Gasteiger partial charge is 0.369 e. The molecule has 0 radical (unpaired) electrons. The summed E-state index contributed by atoms with van der Waals surface area (Å²) in [5, 5.41) is 5.85. The molecular weight excluding hydrogens is 354 g/mol. The van der Waals surface area contributed by atoms with Gasteiger partial charge in [0, 0.05) is 25.1 Å². The van der Waals surface area contributed by atoms with Crippen molar-refractivity contribution in [3.8, 4) is 0 Å². The van der Waals surface area contributed by atoms with Gasteiger partial charge in [0.05, 0.1) is 18.2 Å². The molecule has 1 aromatic carbocycles. The Morgan fingerprint density at radius 3 is 2.43 bits per heavy atom. The molecule has 3 atom stereocenters. The van der Waals surface area contributed by atoms with Gasteiger partial charge in [-0.3, -0.25) is 9.59 Å². The van der Waals surface area contributed by atoms with E-state index in [0.29, 0.717) is 18.5 Å². The number of nitrogens with one attached hydrogen (secondary N) is 2. The zero-order valence-corrected chi connectivity index (χ0v) is 17.3. The number of ether oxygens (including phenoxy) is 1. The molecule has 6 nitrogen and oxygen atoms in total. The highest BCUT2D eigenvalue weighted by atomic mass is 16.5. The first-order chi connectivity index (χ1) is 13.3. The first-order valence-corrected chi connectivity index (χ1v) is 10.1. The molecule has 28 heavy (non-hydrogen) atoms. The number of rotatable bonds is 8. The number of aryl methyl sites for hydroxylation is 1. The van der Waals surface area contributed by atoms with Crippen molar-refractivity contribution in [3.05, 3.63) is 47.0 Å². The summed E-state index contributed by atoms with van der Waals surface area (Å²) < 4.78 is 6.18. The standard InChI is InChI=1S/C22H33N3O3/c1-5-18(6-2)28-20-12-17(11-19(23)21(20)25-15(4)26)22(27)24-13-16-9-7-14(3)8-10-16/h7-10,12,18-21H,5-6,11,13,23H2,1-4H3,(H,24,27)(H,25,26)/t19-,20+,21+/m0/s1. The lowest BCUT2D eigenvalue weighted by Gasteiger charge is -2.36. The number of amides is 2. The molecule has 0 aromatic heterocycles. The van der Waals surface area contributed by atoms with E-state index in [1.54, 1.807) is 0 Å². The minimum Gasteiger partial charge on any atom is -0.369 e.